The van der Waals surface area contributed by atoms with Crippen LogP contribution in [0.1, 0.15) is 46.0 Å². The Bertz CT molecular complexity index is 751. The van der Waals surface area contributed by atoms with Crippen LogP contribution in [0, 0.1) is 5.92 Å². The molecule has 0 aliphatic carbocycles. The number of nitrogens with one attached hydrogen (secondary N) is 3. The van der Waals surface area contributed by atoms with Gasteiger partial charge in [0.25, 0.3) is 0 Å². The van der Waals surface area contributed by atoms with Gasteiger partial charge < -0.3 is 38.3 Å². The first kappa shape index (κ1) is 31.1. The Hall–Kier alpha value is -2.87. The molecule has 0 heterocycles. The number of hydrogen-bond acceptors (Lipinski definition) is 8. The van der Waals surface area contributed by atoms with E-state index in [-0.39, 0.29) is 25.2 Å². The molecular weight excluding hydrogens is 468 g/mol. The van der Waals surface area contributed by atoms with Gasteiger partial charge in [-0.05, 0) is 30.8 Å². The molecule has 0 saturated heterocycles. The van der Waals surface area contributed by atoms with Crippen molar-refractivity contribution in [2.45, 2.75) is 70.1 Å². The van der Waals surface area contributed by atoms with E-state index in [0.717, 1.165) is 0 Å². The highest BCUT2D eigenvalue weighted by Crippen LogP contribution is 2.11. The predicted molar refractivity (Wildman–Crippen MR) is 126 cm³/mol. The quantitative estimate of drug-likeness (QED) is 0.113. The van der Waals surface area contributed by atoms with Crippen molar-refractivity contribution in [1.29, 1.82) is 0 Å². The highest BCUT2D eigenvalue weighted by atomic mass is 32.2. The normalized spacial score (nSPS) is 15.2. The fraction of sp³-hybridized carbons (Fsp3) is 0.700. The van der Waals surface area contributed by atoms with E-state index in [1.807, 2.05) is 6.26 Å². The summed E-state index contributed by atoms with van der Waals surface area (Å²) in [6.45, 7) is 3.48. The average molecular weight is 505 g/mol. The second-order valence-electron chi connectivity index (χ2n) is 7.90. The second-order valence-corrected chi connectivity index (χ2v) is 8.88. The topological polar surface area (TPSA) is 237 Å². The summed E-state index contributed by atoms with van der Waals surface area (Å²) in [4.78, 5) is 71.6. The van der Waals surface area contributed by atoms with Gasteiger partial charge in [0, 0.05) is 6.42 Å². The van der Waals surface area contributed by atoms with Crippen molar-refractivity contribution in [3.8, 4) is 0 Å². The molecule has 0 aromatic carbocycles. The van der Waals surface area contributed by atoms with Gasteiger partial charge >= 0.3 is 5.97 Å². The number of carboxylic acids is 1. The minimum Gasteiger partial charge on any atom is -0.480 e. The summed E-state index contributed by atoms with van der Waals surface area (Å²) in [5, 5.41) is 16.7. The summed E-state index contributed by atoms with van der Waals surface area (Å²) in [5.41, 5.74) is 15.8. The van der Waals surface area contributed by atoms with Gasteiger partial charge in [-0.2, -0.15) is 11.8 Å². The van der Waals surface area contributed by atoms with Crippen molar-refractivity contribution in [3.63, 3.8) is 0 Å². The number of rotatable bonds is 17. The molecule has 0 fully saturated rings. The molecule has 0 saturated carbocycles. The number of aliphatic carboxylic acids is 1. The fourth-order valence-electron chi connectivity index (χ4n) is 2.85. The molecule has 34 heavy (non-hydrogen) atoms. The van der Waals surface area contributed by atoms with Gasteiger partial charge in [-0.1, -0.05) is 20.3 Å². The lowest BCUT2D eigenvalue weighted by atomic mass is 9.97. The summed E-state index contributed by atoms with van der Waals surface area (Å²) >= 11 is 1.43. The molecule has 0 aliphatic heterocycles. The SMILES string of the molecule is CCC(C)C(NC(=O)C(CCSC)NC(=O)C(N)CC(N)=O)C(=O)NC(CCC(N)=O)C(=O)O. The van der Waals surface area contributed by atoms with Crippen LogP contribution in [0.3, 0.4) is 0 Å². The van der Waals surface area contributed by atoms with Crippen LogP contribution in [-0.4, -0.2) is 76.8 Å². The van der Waals surface area contributed by atoms with Gasteiger partial charge in [0.2, 0.25) is 29.5 Å². The molecule has 0 aliphatic rings. The van der Waals surface area contributed by atoms with Crippen LogP contribution < -0.4 is 33.2 Å². The molecule has 5 atom stereocenters. The molecule has 13 nitrogen and oxygen atoms in total. The van der Waals surface area contributed by atoms with Crippen molar-refractivity contribution < 1.29 is 33.9 Å². The molecule has 0 radical (unpaired) electrons. The van der Waals surface area contributed by atoms with E-state index in [0.29, 0.717) is 12.2 Å². The number of primary amides is 2. The smallest absolute Gasteiger partial charge is 0.326 e. The molecule has 5 unspecified atom stereocenters. The molecule has 194 valence electrons. The zero-order chi connectivity index (χ0) is 26.4. The van der Waals surface area contributed by atoms with E-state index in [9.17, 15) is 33.9 Å². The van der Waals surface area contributed by atoms with Crippen LogP contribution in [0.25, 0.3) is 0 Å². The molecule has 5 amide bonds. The summed E-state index contributed by atoms with van der Waals surface area (Å²) in [6, 6.07) is -4.77. The van der Waals surface area contributed by atoms with Crippen LogP contribution in [-0.2, 0) is 28.8 Å². The largest absolute Gasteiger partial charge is 0.480 e. The van der Waals surface area contributed by atoms with Crippen molar-refractivity contribution >= 4 is 47.3 Å². The first-order valence-corrected chi connectivity index (χ1v) is 12.2. The zero-order valence-corrected chi connectivity index (χ0v) is 20.5. The predicted octanol–water partition coefficient (Wildman–Crippen LogP) is -2.21. The number of hydrogen-bond donors (Lipinski definition) is 7. The van der Waals surface area contributed by atoms with Crippen molar-refractivity contribution in [1.82, 2.24) is 16.0 Å². The third-order valence-electron chi connectivity index (χ3n) is 5.09. The highest BCUT2D eigenvalue weighted by Gasteiger charge is 2.32. The van der Waals surface area contributed by atoms with Crippen molar-refractivity contribution in [2.24, 2.45) is 23.1 Å². The van der Waals surface area contributed by atoms with Crippen LogP contribution in [0.5, 0.6) is 0 Å². The number of nitrogens with two attached hydrogens (primary N) is 3. The summed E-state index contributed by atoms with van der Waals surface area (Å²) < 4.78 is 0. The first-order valence-electron chi connectivity index (χ1n) is 10.8. The highest BCUT2D eigenvalue weighted by molar-refractivity contribution is 7.98. The lowest BCUT2D eigenvalue weighted by molar-refractivity contribution is -0.143. The van der Waals surface area contributed by atoms with E-state index < -0.39 is 66.1 Å². The maximum absolute atomic E-state index is 13.0. The van der Waals surface area contributed by atoms with Crippen LogP contribution in [0.2, 0.25) is 0 Å². The molecule has 0 aromatic rings. The number of amides is 5. The molecular formula is C20H36N6O7S. The number of carboxylic acid groups (broad SMARTS) is 1. The Balaban J connectivity index is 5.53. The lowest BCUT2D eigenvalue weighted by Crippen LogP contribution is -2.59. The molecule has 0 rings (SSSR count). The Morgan fingerprint density at radius 2 is 1.47 bits per heavy atom. The van der Waals surface area contributed by atoms with E-state index in [2.05, 4.69) is 16.0 Å². The molecule has 10 N–H and O–H groups in total. The monoisotopic (exact) mass is 504 g/mol. The fourth-order valence-corrected chi connectivity index (χ4v) is 3.33. The molecule has 0 spiro atoms. The van der Waals surface area contributed by atoms with Crippen LogP contribution in [0.4, 0.5) is 0 Å². The second kappa shape index (κ2) is 15.9. The minimum atomic E-state index is -1.37. The number of thioether (sulfide) groups is 1. The van der Waals surface area contributed by atoms with Gasteiger partial charge in [-0.15, -0.1) is 0 Å². The first-order chi connectivity index (χ1) is 15.8. The maximum atomic E-state index is 13.0. The van der Waals surface area contributed by atoms with Gasteiger partial charge in [0.1, 0.15) is 18.1 Å². The van der Waals surface area contributed by atoms with E-state index in [4.69, 9.17) is 17.2 Å². The Morgan fingerprint density at radius 3 is 1.94 bits per heavy atom. The van der Waals surface area contributed by atoms with Crippen LogP contribution >= 0.6 is 11.8 Å². The Kier molecular flexibility index (Phi) is 14.5. The number of carbonyl (C=O) groups is 6. The van der Waals surface area contributed by atoms with E-state index in [1.54, 1.807) is 13.8 Å². The lowest BCUT2D eigenvalue weighted by Gasteiger charge is -2.28. The van der Waals surface area contributed by atoms with Crippen molar-refractivity contribution in [3.05, 3.63) is 0 Å². The molecule has 14 heteroatoms. The zero-order valence-electron chi connectivity index (χ0n) is 19.7. The van der Waals surface area contributed by atoms with Crippen molar-refractivity contribution in [2.75, 3.05) is 12.0 Å². The standard InChI is InChI=1S/C20H36N6O7S/c1-4-10(2)16(19(31)25-13(20(32)33)5-6-14(22)27)26-18(30)12(7-8-34-3)24-17(29)11(21)9-15(23)28/h10-13,16H,4-9,21H2,1-3H3,(H2,22,27)(H2,23,28)(H,24,29)(H,25,31)(H,26,30)(H,32,33). The maximum Gasteiger partial charge on any atom is 0.326 e. The van der Waals surface area contributed by atoms with Gasteiger partial charge in [0.05, 0.1) is 12.5 Å². The Morgan fingerprint density at radius 1 is 0.882 bits per heavy atom. The van der Waals surface area contributed by atoms with Crippen LogP contribution in [0.15, 0.2) is 0 Å². The summed E-state index contributed by atoms with van der Waals surface area (Å²) in [7, 11) is 0. The third-order valence-corrected chi connectivity index (χ3v) is 5.73. The van der Waals surface area contributed by atoms with Gasteiger partial charge in [-0.3, -0.25) is 24.0 Å². The average Bonchev–Trinajstić information content (AvgIpc) is 2.75. The van der Waals surface area contributed by atoms with Gasteiger partial charge in [0.15, 0.2) is 0 Å². The third kappa shape index (κ3) is 11.8. The summed E-state index contributed by atoms with van der Waals surface area (Å²) in [6.07, 6.45) is 1.65. The summed E-state index contributed by atoms with van der Waals surface area (Å²) in [5.74, 6) is -4.89. The minimum absolute atomic E-state index is 0.207. The number of carbonyl (C=O) groups excluding carboxylic acids is 5. The van der Waals surface area contributed by atoms with E-state index in [1.165, 1.54) is 11.8 Å². The van der Waals surface area contributed by atoms with Gasteiger partial charge in [-0.25, -0.2) is 4.79 Å². The van der Waals surface area contributed by atoms with E-state index >= 15 is 0 Å². The molecule has 0 aromatic heterocycles. The Labute approximate surface area is 202 Å². The molecule has 0 bridgehead atoms.